The van der Waals surface area contributed by atoms with Gasteiger partial charge in [-0.2, -0.15) is 0 Å². The van der Waals surface area contributed by atoms with Crippen LogP contribution >= 0.6 is 0 Å². The fourth-order valence-corrected chi connectivity index (χ4v) is 2.73. The monoisotopic (exact) mass is 301 g/mol. The highest BCUT2D eigenvalue weighted by molar-refractivity contribution is 5.99. The van der Waals surface area contributed by atoms with Crippen LogP contribution in [0.1, 0.15) is 25.3 Å². The molecule has 1 aromatic carbocycles. The molecule has 0 fully saturated rings. The Morgan fingerprint density at radius 3 is 1.77 bits per heavy atom. The van der Waals surface area contributed by atoms with Gasteiger partial charge >= 0.3 is 11.9 Å². The lowest BCUT2D eigenvalue weighted by atomic mass is 9.80. The second-order valence-electron chi connectivity index (χ2n) is 5.03. The molecular weight excluding hydrogens is 282 g/mol. The molecule has 1 aliphatic rings. The van der Waals surface area contributed by atoms with Crippen molar-refractivity contribution in [3.05, 3.63) is 58.4 Å². The highest BCUT2D eigenvalue weighted by atomic mass is 16.5. The van der Waals surface area contributed by atoms with Gasteiger partial charge in [0.2, 0.25) is 0 Å². The first kappa shape index (κ1) is 15.8. The Bertz CT molecular complexity index is 620. The van der Waals surface area contributed by atoms with Crippen LogP contribution in [-0.4, -0.2) is 26.2 Å². The summed E-state index contributed by atoms with van der Waals surface area (Å²) in [6.07, 6.45) is 0. The molecule has 1 N–H and O–H groups in total. The number of allylic oxidation sites excluding steroid dienone is 2. The Labute approximate surface area is 129 Å². The third kappa shape index (κ3) is 2.74. The van der Waals surface area contributed by atoms with Gasteiger partial charge in [0.1, 0.15) is 0 Å². The maximum absolute atomic E-state index is 12.2. The van der Waals surface area contributed by atoms with E-state index >= 15 is 0 Å². The van der Waals surface area contributed by atoms with Gasteiger partial charge in [-0.05, 0) is 19.4 Å². The molecule has 0 unspecified atom stereocenters. The summed E-state index contributed by atoms with van der Waals surface area (Å²) in [4.78, 5) is 24.5. The second-order valence-corrected chi connectivity index (χ2v) is 5.03. The number of hydrogen-bond donors (Lipinski definition) is 1. The SMILES string of the molecule is COC(=O)C1=C(C)NC(C)=C(C(=O)OC)C1c1ccccc1. The van der Waals surface area contributed by atoms with Gasteiger partial charge in [-0.1, -0.05) is 30.3 Å². The van der Waals surface area contributed by atoms with Crippen LogP contribution in [0.15, 0.2) is 52.9 Å². The van der Waals surface area contributed by atoms with Crippen molar-refractivity contribution in [1.82, 2.24) is 5.32 Å². The van der Waals surface area contributed by atoms with Gasteiger partial charge in [-0.3, -0.25) is 0 Å². The average Bonchev–Trinajstić information content (AvgIpc) is 2.53. The molecule has 22 heavy (non-hydrogen) atoms. The maximum atomic E-state index is 12.2. The molecule has 0 spiro atoms. The Morgan fingerprint density at radius 2 is 1.36 bits per heavy atom. The number of nitrogens with one attached hydrogen (secondary N) is 1. The Hall–Kier alpha value is -2.56. The third-order valence-electron chi connectivity index (χ3n) is 3.70. The zero-order chi connectivity index (χ0) is 16.3. The van der Waals surface area contributed by atoms with E-state index in [0.717, 1.165) is 5.56 Å². The average molecular weight is 301 g/mol. The van der Waals surface area contributed by atoms with Crippen molar-refractivity contribution in [2.45, 2.75) is 19.8 Å². The molecule has 116 valence electrons. The standard InChI is InChI=1S/C17H19NO4/c1-10-13(16(19)21-3)15(12-8-6-5-7-9-12)14(11(2)18-10)17(20)22-4/h5-9,15,18H,1-4H3. The maximum Gasteiger partial charge on any atom is 0.336 e. The number of dihydropyridines is 1. The molecule has 0 radical (unpaired) electrons. The van der Waals surface area contributed by atoms with E-state index < -0.39 is 17.9 Å². The number of methoxy groups -OCH3 is 2. The van der Waals surface area contributed by atoms with Gasteiger partial charge in [-0.15, -0.1) is 0 Å². The lowest BCUT2D eigenvalue weighted by Gasteiger charge is -2.30. The minimum absolute atomic E-state index is 0.416. The van der Waals surface area contributed by atoms with E-state index in [-0.39, 0.29) is 0 Å². The largest absolute Gasteiger partial charge is 0.466 e. The Kier molecular flexibility index (Phi) is 4.65. The zero-order valence-corrected chi connectivity index (χ0v) is 13.1. The van der Waals surface area contributed by atoms with E-state index in [2.05, 4.69) is 5.32 Å². The van der Waals surface area contributed by atoms with Crippen LogP contribution in [0.2, 0.25) is 0 Å². The van der Waals surface area contributed by atoms with Gasteiger partial charge in [0, 0.05) is 11.4 Å². The molecule has 1 aromatic rings. The molecule has 5 nitrogen and oxygen atoms in total. The lowest BCUT2D eigenvalue weighted by molar-refractivity contribution is -0.137. The molecule has 0 saturated carbocycles. The quantitative estimate of drug-likeness (QED) is 0.868. The van der Waals surface area contributed by atoms with E-state index in [9.17, 15) is 9.59 Å². The fourth-order valence-electron chi connectivity index (χ4n) is 2.73. The van der Waals surface area contributed by atoms with Crippen molar-refractivity contribution >= 4 is 11.9 Å². The molecule has 0 aliphatic carbocycles. The molecule has 0 aromatic heterocycles. The molecular formula is C17H19NO4. The Balaban J connectivity index is 2.66. The number of ether oxygens (including phenoxy) is 2. The lowest BCUT2D eigenvalue weighted by Crippen LogP contribution is -2.32. The number of benzene rings is 1. The van der Waals surface area contributed by atoms with Crippen LogP contribution in [0.25, 0.3) is 0 Å². The van der Waals surface area contributed by atoms with Crippen molar-refractivity contribution in [1.29, 1.82) is 0 Å². The number of esters is 2. The molecule has 1 aliphatic heterocycles. The summed E-state index contributed by atoms with van der Waals surface area (Å²) < 4.78 is 9.79. The molecule has 0 saturated heterocycles. The third-order valence-corrected chi connectivity index (χ3v) is 3.70. The van der Waals surface area contributed by atoms with Gasteiger partial charge in [0.25, 0.3) is 0 Å². The van der Waals surface area contributed by atoms with Crippen LogP contribution in [0.3, 0.4) is 0 Å². The van der Waals surface area contributed by atoms with Crippen molar-refractivity contribution < 1.29 is 19.1 Å². The molecule has 5 heteroatoms. The van der Waals surface area contributed by atoms with Gasteiger partial charge in [0.05, 0.1) is 31.3 Å². The van der Waals surface area contributed by atoms with E-state index in [1.165, 1.54) is 14.2 Å². The van der Waals surface area contributed by atoms with Crippen molar-refractivity contribution in [2.24, 2.45) is 0 Å². The van der Waals surface area contributed by atoms with Crippen molar-refractivity contribution in [2.75, 3.05) is 14.2 Å². The summed E-state index contributed by atoms with van der Waals surface area (Å²) in [6, 6.07) is 9.37. The highest BCUT2D eigenvalue weighted by Crippen LogP contribution is 2.38. The van der Waals surface area contributed by atoms with Crippen LogP contribution in [0.4, 0.5) is 0 Å². The fraction of sp³-hybridized carbons (Fsp3) is 0.294. The predicted molar refractivity (Wildman–Crippen MR) is 81.8 cm³/mol. The molecule has 0 bridgehead atoms. The van der Waals surface area contributed by atoms with Crippen LogP contribution in [-0.2, 0) is 19.1 Å². The first-order valence-corrected chi connectivity index (χ1v) is 6.91. The van der Waals surface area contributed by atoms with Gasteiger partial charge in [-0.25, -0.2) is 9.59 Å². The zero-order valence-electron chi connectivity index (χ0n) is 13.1. The normalized spacial score (nSPS) is 15.5. The Morgan fingerprint density at radius 1 is 0.909 bits per heavy atom. The summed E-state index contributed by atoms with van der Waals surface area (Å²) in [5.41, 5.74) is 3.01. The second kappa shape index (κ2) is 6.47. The predicted octanol–water partition coefficient (Wildman–Crippen LogP) is 2.27. The minimum atomic E-state index is -0.512. The summed E-state index contributed by atoms with van der Waals surface area (Å²) >= 11 is 0. The summed E-state index contributed by atoms with van der Waals surface area (Å²) in [7, 11) is 2.65. The molecule has 0 amide bonds. The van der Waals surface area contributed by atoms with E-state index in [1.807, 2.05) is 30.3 Å². The molecule has 2 rings (SSSR count). The smallest absolute Gasteiger partial charge is 0.336 e. The van der Waals surface area contributed by atoms with Crippen LogP contribution in [0, 0.1) is 0 Å². The number of hydrogen-bond acceptors (Lipinski definition) is 5. The van der Waals surface area contributed by atoms with Gasteiger partial charge < -0.3 is 14.8 Å². The summed E-state index contributed by atoms with van der Waals surface area (Å²) in [6.45, 7) is 3.58. The number of rotatable bonds is 3. The number of carbonyl (C=O) groups excluding carboxylic acids is 2. The topological polar surface area (TPSA) is 64.6 Å². The number of carbonyl (C=O) groups is 2. The summed E-state index contributed by atoms with van der Waals surface area (Å²) in [5, 5.41) is 3.07. The van der Waals surface area contributed by atoms with E-state index in [0.29, 0.717) is 22.5 Å². The molecule has 1 heterocycles. The minimum Gasteiger partial charge on any atom is -0.466 e. The van der Waals surface area contributed by atoms with Crippen molar-refractivity contribution in [3.63, 3.8) is 0 Å². The highest BCUT2D eigenvalue weighted by Gasteiger charge is 2.37. The first-order chi connectivity index (χ1) is 10.5. The van der Waals surface area contributed by atoms with Crippen LogP contribution in [0.5, 0.6) is 0 Å². The first-order valence-electron chi connectivity index (χ1n) is 6.91. The molecule has 0 atom stereocenters. The van der Waals surface area contributed by atoms with Crippen molar-refractivity contribution in [3.8, 4) is 0 Å². The van der Waals surface area contributed by atoms with Gasteiger partial charge in [0.15, 0.2) is 0 Å². The van der Waals surface area contributed by atoms with E-state index in [4.69, 9.17) is 9.47 Å². The summed E-state index contributed by atoms with van der Waals surface area (Å²) in [5.74, 6) is -1.44. The van der Waals surface area contributed by atoms with Crippen LogP contribution < -0.4 is 5.32 Å². The van der Waals surface area contributed by atoms with E-state index in [1.54, 1.807) is 13.8 Å².